The third-order valence-corrected chi connectivity index (χ3v) is 3.15. The lowest BCUT2D eigenvalue weighted by molar-refractivity contribution is 0.295. The van der Waals surface area contributed by atoms with Gasteiger partial charge in [-0.25, -0.2) is 0 Å². The molecule has 0 bridgehead atoms. The zero-order valence-electron chi connectivity index (χ0n) is 9.67. The summed E-state index contributed by atoms with van der Waals surface area (Å²) in [4.78, 5) is 11.6. The van der Waals surface area contributed by atoms with E-state index >= 15 is 0 Å². The molecule has 0 radical (unpaired) electrons. The molecule has 0 spiro atoms. The lowest BCUT2D eigenvalue weighted by atomic mass is 10.3. The number of hydrogen-bond acceptors (Lipinski definition) is 3. The molecule has 1 aromatic carbocycles. The number of pyridine rings is 1. The van der Waals surface area contributed by atoms with Crippen LogP contribution in [0.5, 0.6) is 5.75 Å². The standard InChI is InChI=1S/C13H13BrN2O2/c14-12-2-1-3-13(17)16(12)8-9-18-11-6-4-10(15)5-7-11/h1-7H,8-9,15H2. The topological polar surface area (TPSA) is 57.2 Å². The minimum Gasteiger partial charge on any atom is -0.492 e. The fourth-order valence-corrected chi connectivity index (χ4v) is 2.04. The van der Waals surface area contributed by atoms with Crippen molar-refractivity contribution in [3.63, 3.8) is 0 Å². The van der Waals surface area contributed by atoms with E-state index < -0.39 is 0 Å². The van der Waals surface area contributed by atoms with Crippen LogP contribution in [0.15, 0.2) is 51.9 Å². The minimum absolute atomic E-state index is 0.0507. The average molecular weight is 309 g/mol. The van der Waals surface area contributed by atoms with Crippen molar-refractivity contribution in [2.45, 2.75) is 6.54 Å². The Kier molecular flexibility index (Phi) is 4.04. The van der Waals surface area contributed by atoms with Gasteiger partial charge in [-0.15, -0.1) is 0 Å². The molecule has 0 amide bonds. The van der Waals surface area contributed by atoms with Crippen LogP contribution < -0.4 is 16.0 Å². The highest BCUT2D eigenvalue weighted by atomic mass is 79.9. The fraction of sp³-hybridized carbons (Fsp3) is 0.154. The summed E-state index contributed by atoms with van der Waals surface area (Å²) in [6, 6.07) is 12.2. The van der Waals surface area contributed by atoms with Crippen molar-refractivity contribution in [3.05, 3.63) is 57.4 Å². The van der Waals surface area contributed by atoms with Crippen LogP contribution >= 0.6 is 15.9 Å². The van der Waals surface area contributed by atoms with Crippen LogP contribution in [-0.2, 0) is 6.54 Å². The smallest absolute Gasteiger partial charge is 0.251 e. The van der Waals surface area contributed by atoms with Gasteiger partial charge in [-0.3, -0.25) is 9.36 Å². The Labute approximate surface area is 113 Å². The Morgan fingerprint density at radius 2 is 1.89 bits per heavy atom. The van der Waals surface area contributed by atoms with E-state index in [0.29, 0.717) is 18.8 Å². The average Bonchev–Trinajstić information content (AvgIpc) is 2.35. The molecule has 2 aromatic rings. The Bertz CT molecular complexity index is 578. The third kappa shape index (κ3) is 3.13. The van der Waals surface area contributed by atoms with Gasteiger partial charge in [-0.1, -0.05) is 6.07 Å². The van der Waals surface area contributed by atoms with Crippen molar-refractivity contribution in [1.82, 2.24) is 4.57 Å². The fourth-order valence-electron chi connectivity index (χ4n) is 1.53. The van der Waals surface area contributed by atoms with Gasteiger partial charge in [0.25, 0.3) is 5.56 Å². The Morgan fingerprint density at radius 3 is 2.56 bits per heavy atom. The molecule has 1 aromatic heterocycles. The molecule has 0 aliphatic heterocycles. The number of aromatic nitrogens is 1. The first kappa shape index (κ1) is 12.7. The highest BCUT2D eigenvalue weighted by Gasteiger charge is 2.00. The highest BCUT2D eigenvalue weighted by molar-refractivity contribution is 9.10. The second-order valence-corrected chi connectivity index (χ2v) is 4.57. The number of anilines is 1. The second kappa shape index (κ2) is 5.73. The highest BCUT2D eigenvalue weighted by Crippen LogP contribution is 2.13. The number of nitrogens with zero attached hydrogens (tertiary/aromatic N) is 1. The maximum Gasteiger partial charge on any atom is 0.251 e. The quantitative estimate of drug-likeness (QED) is 0.696. The molecule has 0 atom stereocenters. The largest absolute Gasteiger partial charge is 0.492 e. The van der Waals surface area contributed by atoms with Crippen LogP contribution in [-0.4, -0.2) is 11.2 Å². The molecule has 0 unspecified atom stereocenters. The number of hydrogen-bond donors (Lipinski definition) is 1. The van der Waals surface area contributed by atoms with Gasteiger partial charge >= 0.3 is 0 Å². The molecule has 1 heterocycles. The molecule has 0 aliphatic rings. The Hall–Kier alpha value is -1.75. The van der Waals surface area contributed by atoms with Crippen molar-refractivity contribution >= 4 is 21.6 Å². The minimum atomic E-state index is -0.0507. The maximum atomic E-state index is 11.6. The van der Waals surface area contributed by atoms with E-state index in [0.717, 1.165) is 10.4 Å². The summed E-state index contributed by atoms with van der Waals surface area (Å²) in [6.45, 7) is 0.914. The summed E-state index contributed by atoms with van der Waals surface area (Å²) in [5.74, 6) is 0.740. The van der Waals surface area contributed by atoms with E-state index in [-0.39, 0.29) is 5.56 Å². The summed E-state index contributed by atoms with van der Waals surface area (Å²) in [5, 5.41) is 0. The molecule has 2 N–H and O–H groups in total. The second-order valence-electron chi connectivity index (χ2n) is 3.76. The van der Waals surface area contributed by atoms with Gasteiger partial charge in [0, 0.05) is 11.8 Å². The summed E-state index contributed by atoms with van der Waals surface area (Å²) in [7, 11) is 0. The summed E-state index contributed by atoms with van der Waals surface area (Å²) >= 11 is 3.33. The van der Waals surface area contributed by atoms with Crippen LogP contribution in [0.25, 0.3) is 0 Å². The molecule has 0 saturated carbocycles. The number of halogens is 1. The molecule has 2 rings (SSSR count). The lowest BCUT2D eigenvalue weighted by Crippen LogP contribution is -2.22. The molecular weight excluding hydrogens is 296 g/mol. The van der Waals surface area contributed by atoms with Gasteiger partial charge in [-0.2, -0.15) is 0 Å². The van der Waals surface area contributed by atoms with E-state index in [1.54, 1.807) is 34.9 Å². The molecular formula is C13H13BrN2O2. The first-order valence-electron chi connectivity index (χ1n) is 5.50. The zero-order valence-corrected chi connectivity index (χ0v) is 11.3. The van der Waals surface area contributed by atoms with E-state index in [1.165, 1.54) is 6.07 Å². The van der Waals surface area contributed by atoms with Gasteiger partial charge < -0.3 is 10.5 Å². The number of ether oxygens (including phenoxy) is 1. The lowest BCUT2D eigenvalue weighted by Gasteiger charge is -2.09. The first-order valence-corrected chi connectivity index (χ1v) is 6.30. The van der Waals surface area contributed by atoms with Gasteiger partial charge in [0.15, 0.2) is 0 Å². The van der Waals surface area contributed by atoms with Gasteiger partial charge in [0.2, 0.25) is 0 Å². The Morgan fingerprint density at radius 1 is 1.17 bits per heavy atom. The van der Waals surface area contributed by atoms with Crippen LogP contribution in [0.1, 0.15) is 0 Å². The molecule has 0 aliphatic carbocycles. The predicted molar refractivity (Wildman–Crippen MR) is 74.8 cm³/mol. The van der Waals surface area contributed by atoms with Crippen molar-refractivity contribution in [3.8, 4) is 5.75 Å². The molecule has 0 saturated heterocycles. The van der Waals surface area contributed by atoms with Crippen LogP contribution in [0.4, 0.5) is 5.69 Å². The van der Waals surface area contributed by atoms with E-state index in [1.807, 2.05) is 6.07 Å². The predicted octanol–water partition coefficient (Wildman–Crippen LogP) is 2.27. The van der Waals surface area contributed by atoms with E-state index in [9.17, 15) is 4.79 Å². The molecule has 5 heteroatoms. The van der Waals surface area contributed by atoms with E-state index in [2.05, 4.69) is 15.9 Å². The number of nitrogens with two attached hydrogens (primary N) is 1. The number of benzene rings is 1. The van der Waals surface area contributed by atoms with Crippen molar-refractivity contribution in [2.24, 2.45) is 0 Å². The van der Waals surface area contributed by atoms with Crippen LogP contribution in [0.3, 0.4) is 0 Å². The van der Waals surface area contributed by atoms with Crippen molar-refractivity contribution in [1.29, 1.82) is 0 Å². The maximum absolute atomic E-state index is 11.6. The third-order valence-electron chi connectivity index (χ3n) is 2.46. The van der Waals surface area contributed by atoms with Crippen LogP contribution in [0, 0.1) is 0 Å². The summed E-state index contributed by atoms with van der Waals surface area (Å²) < 4.78 is 7.89. The van der Waals surface area contributed by atoms with Crippen LogP contribution in [0.2, 0.25) is 0 Å². The SMILES string of the molecule is Nc1ccc(OCCn2c(Br)cccc2=O)cc1. The molecule has 94 valence electrons. The van der Waals surface area contributed by atoms with E-state index in [4.69, 9.17) is 10.5 Å². The molecule has 18 heavy (non-hydrogen) atoms. The Balaban J connectivity index is 1.96. The van der Waals surface area contributed by atoms with Crippen molar-refractivity contribution in [2.75, 3.05) is 12.3 Å². The van der Waals surface area contributed by atoms with Gasteiger partial charge in [-0.05, 0) is 46.3 Å². The zero-order chi connectivity index (χ0) is 13.0. The normalized spacial score (nSPS) is 10.3. The van der Waals surface area contributed by atoms with Crippen molar-refractivity contribution < 1.29 is 4.74 Å². The summed E-state index contributed by atoms with van der Waals surface area (Å²) in [6.07, 6.45) is 0. The monoisotopic (exact) mass is 308 g/mol. The number of nitrogen functional groups attached to an aromatic ring is 1. The molecule has 0 fully saturated rings. The van der Waals surface area contributed by atoms with Gasteiger partial charge in [0.1, 0.15) is 12.4 Å². The molecule has 4 nitrogen and oxygen atoms in total. The first-order chi connectivity index (χ1) is 8.66. The summed E-state index contributed by atoms with van der Waals surface area (Å²) in [5.41, 5.74) is 6.23. The van der Waals surface area contributed by atoms with Gasteiger partial charge in [0.05, 0.1) is 11.1 Å². The number of rotatable bonds is 4.